The Bertz CT molecular complexity index is 757. The predicted molar refractivity (Wildman–Crippen MR) is 154 cm³/mol. The number of azide groups is 1. The van der Waals surface area contributed by atoms with Gasteiger partial charge in [0.2, 0.25) is 0 Å². The fraction of sp³-hybridized carbons (Fsp3) is 0.889. The molecule has 0 saturated carbocycles. The SMILES string of the molecule is CCCCCCCCCCCCC1(C[C@@H](OC(C)=O)[C@@H](OC(C)=O)[C@H](COC(C)=O)N=[N+]=[N-])SCCCS1. The van der Waals surface area contributed by atoms with Crippen LogP contribution in [0.25, 0.3) is 10.4 Å². The first kappa shape index (κ1) is 34.4. The molecule has 3 atom stereocenters. The summed E-state index contributed by atoms with van der Waals surface area (Å²) in [5, 5.41) is 3.74. The van der Waals surface area contributed by atoms with Gasteiger partial charge in [-0.1, -0.05) is 76.2 Å². The first-order valence-electron chi connectivity index (χ1n) is 14.0. The Balaban J connectivity index is 2.92. The molecule has 218 valence electrons. The lowest BCUT2D eigenvalue weighted by molar-refractivity contribution is -0.169. The van der Waals surface area contributed by atoms with Crippen LogP contribution in [0.2, 0.25) is 0 Å². The smallest absolute Gasteiger partial charge is 0.303 e. The summed E-state index contributed by atoms with van der Waals surface area (Å²) in [5.74, 6) is 0.344. The van der Waals surface area contributed by atoms with Crippen molar-refractivity contribution in [3.05, 3.63) is 10.4 Å². The average Bonchev–Trinajstić information content (AvgIpc) is 2.86. The summed E-state index contributed by atoms with van der Waals surface area (Å²) >= 11 is 3.74. The zero-order chi connectivity index (χ0) is 28.2. The molecule has 1 aliphatic rings. The van der Waals surface area contributed by atoms with Gasteiger partial charge in [-0.3, -0.25) is 14.4 Å². The minimum atomic E-state index is -1.07. The molecule has 11 heteroatoms. The molecule has 0 aromatic carbocycles. The molecule has 1 rings (SSSR count). The van der Waals surface area contributed by atoms with Gasteiger partial charge < -0.3 is 14.2 Å². The standard InChI is InChI=1S/C27H47N3O6S2/c1-5-6-7-8-9-10-11-12-13-14-16-27(37-17-15-18-38-27)19-25(35-22(3)32)26(36-23(4)33)24(29-30-28)20-34-21(2)31/h24-26H,5-20H2,1-4H3/t24-,25+,26-/m0/s1. The molecular formula is C27H47N3O6S2. The Kier molecular flexibility index (Phi) is 18.4. The van der Waals surface area contributed by atoms with Crippen LogP contribution in [-0.4, -0.2) is 58.3 Å². The van der Waals surface area contributed by atoms with Gasteiger partial charge >= 0.3 is 17.9 Å². The number of esters is 3. The number of thioether (sulfide) groups is 2. The highest BCUT2D eigenvalue weighted by Crippen LogP contribution is 2.50. The maximum atomic E-state index is 12.1. The van der Waals surface area contributed by atoms with E-state index < -0.39 is 36.2 Å². The van der Waals surface area contributed by atoms with E-state index in [1.165, 1.54) is 72.1 Å². The third kappa shape index (κ3) is 15.1. The predicted octanol–water partition coefficient (Wildman–Crippen LogP) is 7.36. The Morgan fingerprint density at radius 3 is 1.92 bits per heavy atom. The van der Waals surface area contributed by atoms with Crippen molar-refractivity contribution in [2.24, 2.45) is 5.11 Å². The number of nitrogens with zero attached hydrogens (tertiary/aromatic N) is 3. The second-order valence-corrected chi connectivity index (χ2v) is 13.1. The molecule has 0 aromatic rings. The molecular weight excluding hydrogens is 526 g/mol. The van der Waals surface area contributed by atoms with Gasteiger partial charge in [0, 0.05) is 32.1 Å². The van der Waals surface area contributed by atoms with Crippen LogP contribution in [0.4, 0.5) is 0 Å². The van der Waals surface area contributed by atoms with Crippen molar-refractivity contribution in [2.45, 2.75) is 133 Å². The van der Waals surface area contributed by atoms with Crippen LogP contribution >= 0.6 is 23.5 Å². The van der Waals surface area contributed by atoms with Gasteiger partial charge in [-0.25, -0.2) is 0 Å². The van der Waals surface area contributed by atoms with Gasteiger partial charge in [-0.2, -0.15) is 0 Å². The summed E-state index contributed by atoms with van der Waals surface area (Å²) < 4.78 is 16.1. The van der Waals surface area contributed by atoms with Crippen molar-refractivity contribution in [3.8, 4) is 0 Å². The third-order valence-electron chi connectivity index (χ3n) is 6.46. The average molecular weight is 574 g/mol. The largest absolute Gasteiger partial charge is 0.465 e. The highest BCUT2D eigenvalue weighted by atomic mass is 32.2. The second kappa shape index (κ2) is 20.3. The van der Waals surface area contributed by atoms with Crippen molar-refractivity contribution in [1.82, 2.24) is 0 Å². The van der Waals surface area contributed by atoms with Crippen LogP contribution in [0.5, 0.6) is 0 Å². The normalized spacial score (nSPS) is 16.9. The van der Waals surface area contributed by atoms with Crippen molar-refractivity contribution in [1.29, 1.82) is 0 Å². The number of hydrogen-bond acceptors (Lipinski definition) is 9. The number of carbonyl (C=O) groups is 3. The fourth-order valence-electron chi connectivity index (χ4n) is 4.66. The maximum Gasteiger partial charge on any atom is 0.303 e. The number of ether oxygens (including phenoxy) is 3. The zero-order valence-corrected chi connectivity index (χ0v) is 25.3. The van der Waals surface area contributed by atoms with E-state index in [-0.39, 0.29) is 10.7 Å². The minimum absolute atomic E-state index is 0.209. The maximum absolute atomic E-state index is 12.1. The lowest BCUT2D eigenvalue weighted by Crippen LogP contribution is -2.47. The van der Waals surface area contributed by atoms with Crippen LogP contribution < -0.4 is 0 Å². The number of unbranched alkanes of at least 4 members (excludes halogenated alkanes) is 9. The molecule has 0 bridgehead atoms. The molecule has 0 spiro atoms. The van der Waals surface area contributed by atoms with Gasteiger partial charge in [-0.05, 0) is 29.9 Å². The van der Waals surface area contributed by atoms with Crippen LogP contribution in [0.15, 0.2) is 5.11 Å². The summed E-state index contributed by atoms with van der Waals surface area (Å²) in [6, 6.07) is -1.02. The van der Waals surface area contributed by atoms with E-state index >= 15 is 0 Å². The van der Waals surface area contributed by atoms with Crippen LogP contribution in [-0.2, 0) is 28.6 Å². The lowest BCUT2D eigenvalue weighted by Gasteiger charge is -2.41. The molecule has 0 radical (unpaired) electrons. The van der Waals surface area contributed by atoms with Gasteiger partial charge in [0.15, 0.2) is 6.10 Å². The Hall–Kier alpha value is -1.58. The summed E-state index contributed by atoms with van der Waals surface area (Å²) in [6.45, 7) is 5.76. The van der Waals surface area contributed by atoms with Crippen molar-refractivity contribution in [2.75, 3.05) is 18.1 Å². The highest BCUT2D eigenvalue weighted by Gasteiger charge is 2.43. The van der Waals surface area contributed by atoms with Crippen LogP contribution in [0, 0.1) is 0 Å². The summed E-state index contributed by atoms with van der Waals surface area (Å²) in [6.07, 6.45) is 13.1. The zero-order valence-electron chi connectivity index (χ0n) is 23.7. The summed E-state index contributed by atoms with van der Waals surface area (Å²) in [5.41, 5.74) is 9.14. The quantitative estimate of drug-likeness (QED) is 0.0369. The van der Waals surface area contributed by atoms with Crippen molar-refractivity contribution in [3.63, 3.8) is 0 Å². The van der Waals surface area contributed by atoms with E-state index in [0.29, 0.717) is 6.42 Å². The van der Waals surface area contributed by atoms with E-state index in [2.05, 4.69) is 16.9 Å². The Morgan fingerprint density at radius 1 is 0.868 bits per heavy atom. The monoisotopic (exact) mass is 573 g/mol. The second-order valence-electron chi connectivity index (χ2n) is 9.89. The molecule has 9 nitrogen and oxygen atoms in total. The van der Waals surface area contributed by atoms with Crippen LogP contribution in [0.1, 0.15) is 111 Å². The highest BCUT2D eigenvalue weighted by molar-refractivity contribution is 8.18. The molecule has 0 N–H and O–H groups in total. The molecule has 1 fully saturated rings. The molecule has 0 unspecified atom stereocenters. The third-order valence-corrected chi connectivity index (χ3v) is 9.95. The topological polar surface area (TPSA) is 128 Å². The first-order chi connectivity index (χ1) is 18.2. The Labute approximate surface area is 236 Å². The van der Waals surface area contributed by atoms with Gasteiger partial charge in [0.1, 0.15) is 18.8 Å². The fourth-order valence-corrected chi connectivity index (χ4v) is 8.14. The first-order valence-corrected chi connectivity index (χ1v) is 16.0. The van der Waals surface area contributed by atoms with Gasteiger partial charge in [0.05, 0.1) is 4.08 Å². The van der Waals surface area contributed by atoms with Crippen molar-refractivity contribution < 1.29 is 28.6 Å². The molecule has 1 saturated heterocycles. The van der Waals surface area contributed by atoms with Crippen LogP contribution in [0.3, 0.4) is 0 Å². The molecule has 0 amide bonds. The minimum Gasteiger partial charge on any atom is -0.465 e. The number of carbonyl (C=O) groups excluding carboxylic acids is 3. The molecule has 0 aromatic heterocycles. The lowest BCUT2D eigenvalue weighted by atomic mass is 9.98. The molecule has 38 heavy (non-hydrogen) atoms. The van der Waals surface area contributed by atoms with E-state index in [1.54, 1.807) is 0 Å². The number of rotatable bonds is 20. The van der Waals surface area contributed by atoms with E-state index in [0.717, 1.165) is 37.2 Å². The van der Waals surface area contributed by atoms with E-state index in [9.17, 15) is 14.4 Å². The molecule has 0 aliphatic carbocycles. The van der Waals surface area contributed by atoms with Crippen molar-refractivity contribution >= 4 is 41.4 Å². The van der Waals surface area contributed by atoms with Gasteiger partial charge in [-0.15, -0.1) is 23.5 Å². The molecule has 1 heterocycles. The summed E-state index contributed by atoms with van der Waals surface area (Å²) in [7, 11) is 0. The molecule has 1 aliphatic heterocycles. The van der Waals surface area contributed by atoms with Gasteiger partial charge in [0.25, 0.3) is 0 Å². The van der Waals surface area contributed by atoms with E-state index in [1.807, 2.05) is 23.5 Å². The Morgan fingerprint density at radius 2 is 1.42 bits per heavy atom. The van der Waals surface area contributed by atoms with E-state index in [4.69, 9.17) is 19.7 Å². The summed E-state index contributed by atoms with van der Waals surface area (Å²) in [4.78, 5) is 38.4. The number of hydrogen-bond donors (Lipinski definition) is 0.